The molecule has 0 spiro atoms. The van der Waals surface area contributed by atoms with E-state index >= 15 is 0 Å². The first-order valence-corrected chi connectivity index (χ1v) is 7.89. The third-order valence-corrected chi connectivity index (χ3v) is 4.18. The number of hydrogen-bond acceptors (Lipinski definition) is 6. The summed E-state index contributed by atoms with van der Waals surface area (Å²) < 4.78 is 103. The van der Waals surface area contributed by atoms with Gasteiger partial charge in [-0.2, -0.15) is 31.1 Å². The van der Waals surface area contributed by atoms with E-state index in [-0.39, 0.29) is 6.07 Å². The SMILES string of the molecule is NC[C@H](NS(=O)(=O)c1cccc(C(F)(F)F)c1)C(=O)OC(=O)C(F)(F)F. The maximum atomic E-state index is 12.6. The smallest absolute Gasteiger partial charge is 0.385 e. The third kappa shape index (κ3) is 5.67. The van der Waals surface area contributed by atoms with Crippen molar-refractivity contribution in [3.63, 3.8) is 0 Å². The first-order chi connectivity index (χ1) is 11.7. The van der Waals surface area contributed by atoms with Crippen LogP contribution in [0.2, 0.25) is 0 Å². The molecule has 3 N–H and O–H groups in total. The fourth-order valence-electron chi connectivity index (χ4n) is 1.51. The van der Waals surface area contributed by atoms with E-state index in [0.717, 1.165) is 12.1 Å². The zero-order chi connectivity index (χ0) is 20.3. The molecule has 7 nitrogen and oxygen atoms in total. The molecule has 1 aromatic rings. The summed E-state index contributed by atoms with van der Waals surface area (Å²) >= 11 is 0. The van der Waals surface area contributed by atoms with E-state index in [1.54, 1.807) is 0 Å². The molecule has 0 bridgehead atoms. The van der Waals surface area contributed by atoms with E-state index < -0.39 is 57.4 Å². The van der Waals surface area contributed by atoms with Gasteiger partial charge in [0.25, 0.3) is 0 Å². The minimum Gasteiger partial charge on any atom is -0.385 e. The Hall–Kier alpha value is -2.19. The second kappa shape index (κ2) is 7.59. The molecule has 0 aliphatic heterocycles. The molecule has 14 heteroatoms. The number of carbonyl (C=O) groups excluding carboxylic acids is 2. The number of alkyl halides is 6. The van der Waals surface area contributed by atoms with Crippen LogP contribution in [0.3, 0.4) is 0 Å². The van der Waals surface area contributed by atoms with E-state index in [1.807, 2.05) is 0 Å². The van der Waals surface area contributed by atoms with E-state index in [9.17, 15) is 44.3 Å². The fraction of sp³-hybridized carbons (Fsp3) is 0.333. The van der Waals surface area contributed by atoms with Crippen molar-refractivity contribution >= 4 is 22.0 Å². The summed E-state index contributed by atoms with van der Waals surface area (Å²) in [6, 6.07) is 0.191. The number of nitrogens with one attached hydrogen (secondary N) is 1. The predicted molar refractivity (Wildman–Crippen MR) is 71.8 cm³/mol. The van der Waals surface area contributed by atoms with Crippen molar-refractivity contribution in [1.29, 1.82) is 0 Å². The predicted octanol–water partition coefficient (Wildman–Crippen LogP) is 0.943. The first-order valence-electron chi connectivity index (χ1n) is 6.41. The Balaban J connectivity index is 3.03. The van der Waals surface area contributed by atoms with Crippen molar-refractivity contribution in [2.24, 2.45) is 5.73 Å². The highest BCUT2D eigenvalue weighted by atomic mass is 32.2. The highest BCUT2D eigenvalue weighted by Crippen LogP contribution is 2.30. The summed E-state index contributed by atoms with van der Waals surface area (Å²) in [6.45, 7) is -0.928. The van der Waals surface area contributed by atoms with Gasteiger partial charge in [-0.05, 0) is 18.2 Å². The number of rotatable bonds is 5. The molecule has 0 aliphatic rings. The molecule has 0 saturated heterocycles. The van der Waals surface area contributed by atoms with Crippen LogP contribution in [0, 0.1) is 0 Å². The maximum Gasteiger partial charge on any atom is 0.491 e. The lowest BCUT2D eigenvalue weighted by Crippen LogP contribution is -2.48. The molecule has 0 unspecified atom stereocenters. The molecule has 0 saturated carbocycles. The highest BCUT2D eigenvalue weighted by molar-refractivity contribution is 7.89. The lowest BCUT2D eigenvalue weighted by atomic mass is 10.2. The number of sulfonamides is 1. The van der Waals surface area contributed by atoms with E-state index in [4.69, 9.17) is 5.73 Å². The molecule has 0 amide bonds. The molecule has 1 aromatic carbocycles. The lowest BCUT2D eigenvalue weighted by Gasteiger charge is -2.16. The van der Waals surface area contributed by atoms with Crippen molar-refractivity contribution in [1.82, 2.24) is 4.72 Å². The summed E-state index contributed by atoms with van der Waals surface area (Å²) in [5.41, 5.74) is 3.72. The summed E-state index contributed by atoms with van der Waals surface area (Å²) in [7, 11) is -4.79. The number of nitrogens with two attached hydrogens (primary N) is 1. The number of hydrogen-bond donors (Lipinski definition) is 2. The zero-order valence-electron chi connectivity index (χ0n) is 12.4. The standard InChI is InChI=1S/C12H10F6N2O5S/c13-11(14,15)6-2-1-3-7(4-6)26(23,24)20-8(5-19)9(21)25-10(22)12(16,17)18/h1-4,8,20H,5,19H2/t8-/m0/s1. The second-order valence-electron chi connectivity index (χ2n) is 4.64. The number of ether oxygens (including phenoxy) is 1. The minimum atomic E-state index is -5.52. The second-order valence-corrected chi connectivity index (χ2v) is 6.36. The molecule has 1 atom stereocenters. The molecule has 0 aromatic heterocycles. The molecule has 0 fully saturated rings. The van der Waals surface area contributed by atoms with Crippen molar-refractivity contribution in [3.05, 3.63) is 29.8 Å². The van der Waals surface area contributed by atoms with Gasteiger partial charge in [0.15, 0.2) is 0 Å². The molecule has 1 rings (SSSR count). The summed E-state index contributed by atoms with van der Waals surface area (Å²) in [6.07, 6.45) is -10.4. The van der Waals surface area contributed by atoms with Crippen LogP contribution in [-0.2, 0) is 30.5 Å². The van der Waals surface area contributed by atoms with Crippen LogP contribution in [0.4, 0.5) is 26.3 Å². The van der Waals surface area contributed by atoms with Crippen LogP contribution in [0.15, 0.2) is 29.2 Å². The molecule has 26 heavy (non-hydrogen) atoms. The summed E-state index contributed by atoms with van der Waals surface area (Å²) in [4.78, 5) is 21.1. The maximum absolute atomic E-state index is 12.6. The van der Waals surface area contributed by atoms with E-state index in [1.165, 1.54) is 4.72 Å². The molecular weight excluding hydrogens is 398 g/mol. The highest BCUT2D eigenvalue weighted by Gasteiger charge is 2.43. The van der Waals surface area contributed by atoms with E-state index in [0.29, 0.717) is 6.07 Å². The average molecular weight is 408 g/mol. The minimum absolute atomic E-state index is 0.238. The van der Waals surface area contributed by atoms with Gasteiger partial charge in [0.05, 0.1) is 10.5 Å². The number of esters is 2. The van der Waals surface area contributed by atoms with Gasteiger partial charge < -0.3 is 10.5 Å². The van der Waals surface area contributed by atoms with Crippen LogP contribution in [0.25, 0.3) is 0 Å². The number of carbonyl (C=O) groups is 2. The van der Waals surface area contributed by atoms with Crippen LogP contribution in [-0.4, -0.2) is 39.1 Å². The monoisotopic (exact) mass is 408 g/mol. The Kier molecular flexibility index (Phi) is 6.38. The fourth-order valence-corrected chi connectivity index (χ4v) is 2.75. The van der Waals surface area contributed by atoms with Crippen molar-refractivity contribution in [2.45, 2.75) is 23.3 Å². The van der Waals surface area contributed by atoms with Gasteiger partial charge in [0.1, 0.15) is 6.04 Å². The van der Waals surface area contributed by atoms with Gasteiger partial charge in [0, 0.05) is 6.54 Å². The van der Waals surface area contributed by atoms with Crippen LogP contribution < -0.4 is 10.5 Å². The number of benzene rings is 1. The zero-order valence-corrected chi connectivity index (χ0v) is 13.2. The Labute approximate surface area is 142 Å². The average Bonchev–Trinajstić information content (AvgIpc) is 2.50. The summed E-state index contributed by atoms with van der Waals surface area (Å²) in [5.74, 6) is -4.87. The van der Waals surface area contributed by atoms with Gasteiger partial charge >= 0.3 is 24.3 Å². The Bertz CT molecular complexity index is 790. The van der Waals surface area contributed by atoms with Gasteiger partial charge in [-0.15, -0.1) is 0 Å². The Morgan fingerprint density at radius 1 is 1.15 bits per heavy atom. The Morgan fingerprint density at radius 2 is 1.73 bits per heavy atom. The van der Waals surface area contributed by atoms with Crippen molar-refractivity contribution in [3.8, 4) is 0 Å². The van der Waals surface area contributed by atoms with Crippen molar-refractivity contribution in [2.75, 3.05) is 6.54 Å². The van der Waals surface area contributed by atoms with Gasteiger partial charge in [-0.25, -0.2) is 18.0 Å². The molecule has 0 aliphatic carbocycles. The topological polar surface area (TPSA) is 116 Å². The number of halogens is 6. The van der Waals surface area contributed by atoms with Gasteiger partial charge in [0.2, 0.25) is 10.0 Å². The normalized spacial score (nSPS) is 14.0. The first kappa shape index (κ1) is 21.9. The molecule has 146 valence electrons. The largest absolute Gasteiger partial charge is 0.491 e. The quantitative estimate of drug-likeness (QED) is 0.426. The van der Waals surface area contributed by atoms with Crippen LogP contribution in [0.5, 0.6) is 0 Å². The third-order valence-electron chi connectivity index (χ3n) is 2.71. The van der Waals surface area contributed by atoms with Gasteiger partial charge in [-0.3, -0.25) is 0 Å². The summed E-state index contributed by atoms with van der Waals surface area (Å²) in [5, 5.41) is 0. The lowest BCUT2D eigenvalue weighted by molar-refractivity contribution is -0.202. The molecule has 0 heterocycles. The molecular formula is C12H10F6N2O5S. The van der Waals surface area contributed by atoms with Gasteiger partial charge in [-0.1, -0.05) is 6.07 Å². The Morgan fingerprint density at radius 3 is 2.19 bits per heavy atom. The van der Waals surface area contributed by atoms with Crippen LogP contribution >= 0.6 is 0 Å². The van der Waals surface area contributed by atoms with Crippen molar-refractivity contribution < 1.29 is 49.1 Å². The molecule has 0 radical (unpaired) electrons. The van der Waals surface area contributed by atoms with E-state index in [2.05, 4.69) is 4.74 Å². The van der Waals surface area contributed by atoms with Crippen LogP contribution in [0.1, 0.15) is 5.56 Å².